The molecule has 0 bridgehead atoms. The molecule has 4 nitrogen and oxygen atoms in total. The number of hydrogen-bond acceptors (Lipinski definition) is 3. The van der Waals surface area contributed by atoms with Crippen LogP contribution >= 0.6 is 0 Å². The van der Waals surface area contributed by atoms with E-state index in [9.17, 15) is 0 Å². The van der Waals surface area contributed by atoms with Gasteiger partial charge in [-0.25, -0.2) is 9.97 Å². The molecule has 0 amide bonds. The second kappa shape index (κ2) is 16.7. The van der Waals surface area contributed by atoms with Crippen molar-refractivity contribution in [1.29, 1.82) is 0 Å². The van der Waals surface area contributed by atoms with Crippen molar-refractivity contribution in [3.05, 3.63) is 241 Å². The summed E-state index contributed by atoms with van der Waals surface area (Å²) in [5.74, 6) is 0.730. The van der Waals surface area contributed by atoms with Crippen molar-refractivity contribution in [3.63, 3.8) is 0 Å². The number of para-hydroxylation sites is 3. The molecule has 0 saturated carbocycles. The number of rotatable bonds is 9. The first-order valence-electron chi connectivity index (χ1n) is 22.2. The van der Waals surface area contributed by atoms with Crippen LogP contribution in [0.15, 0.2) is 224 Å². The second-order valence-electron chi connectivity index (χ2n) is 16.9. The minimum atomic E-state index is 0.730. The maximum Gasteiger partial charge on any atom is 0.160 e. The van der Waals surface area contributed by atoms with Gasteiger partial charge in [0.15, 0.2) is 5.82 Å². The van der Waals surface area contributed by atoms with E-state index in [1.807, 2.05) is 0 Å². The highest BCUT2D eigenvalue weighted by atomic mass is 15.1. The molecule has 9 aromatic carbocycles. The van der Waals surface area contributed by atoms with E-state index in [-0.39, 0.29) is 0 Å². The summed E-state index contributed by atoms with van der Waals surface area (Å²) in [7, 11) is 0. The summed E-state index contributed by atoms with van der Waals surface area (Å²) in [4.78, 5) is 12.5. The second-order valence-corrected chi connectivity index (χ2v) is 16.9. The number of benzene rings is 9. The lowest BCUT2D eigenvalue weighted by atomic mass is 9.96. The predicted octanol–water partition coefficient (Wildman–Crippen LogP) is 16.3. The summed E-state index contributed by atoms with van der Waals surface area (Å²) < 4.78 is 2.39. The summed E-state index contributed by atoms with van der Waals surface area (Å²) in [5.41, 5.74) is 20.1. The number of aromatic nitrogens is 3. The van der Waals surface area contributed by atoms with Crippen LogP contribution in [-0.4, -0.2) is 14.5 Å². The summed E-state index contributed by atoms with van der Waals surface area (Å²) in [6, 6.07) is 80.4. The van der Waals surface area contributed by atoms with Crippen molar-refractivity contribution in [2.24, 2.45) is 0 Å². The third-order valence-electron chi connectivity index (χ3n) is 12.4. The van der Waals surface area contributed by atoms with Gasteiger partial charge in [0.1, 0.15) is 0 Å². The van der Waals surface area contributed by atoms with Crippen LogP contribution in [0.25, 0.3) is 83.6 Å². The van der Waals surface area contributed by atoms with Gasteiger partial charge in [-0.1, -0.05) is 157 Å². The van der Waals surface area contributed by atoms with Gasteiger partial charge in [0.2, 0.25) is 0 Å². The fourth-order valence-corrected chi connectivity index (χ4v) is 9.22. The summed E-state index contributed by atoms with van der Waals surface area (Å²) in [6.45, 7) is 6.40. The van der Waals surface area contributed by atoms with Crippen LogP contribution in [0.5, 0.6) is 0 Å². The molecule has 2 aromatic heterocycles. The monoisotopic (exact) mass is 834 g/mol. The van der Waals surface area contributed by atoms with E-state index in [2.05, 4.69) is 255 Å². The van der Waals surface area contributed by atoms with Crippen LogP contribution in [-0.2, 0) is 0 Å². The molecule has 4 heteroatoms. The maximum atomic E-state index is 5.14. The standard InChI is InChI=1S/C61H46N4/c1-41-14-12-16-48(36-41)57-40-58(63-61(62-57)49-17-13-15-42(2)37-49)54-34-30-47(38-43(54)3)46-26-24-44(25-27-46)45-28-31-52(32-29-45)65-59-23-11-10-22-55(59)56-39-53(33-35-60(56)65)64(50-18-6-4-7-19-50)51-20-8-5-9-21-51/h4-40H,1-3H3. The van der Waals surface area contributed by atoms with Crippen molar-refractivity contribution < 1.29 is 0 Å². The molecule has 0 aliphatic heterocycles. The summed E-state index contributed by atoms with van der Waals surface area (Å²) >= 11 is 0. The molecule has 0 unspecified atom stereocenters. The lowest BCUT2D eigenvalue weighted by Crippen LogP contribution is -2.09. The molecule has 11 rings (SSSR count). The van der Waals surface area contributed by atoms with Gasteiger partial charge in [0, 0.05) is 50.2 Å². The van der Waals surface area contributed by atoms with E-state index < -0.39 is 0 Å². The van der Waals surface area contributed by atoms with Crippen LogP contribution in [0.3, 0.4) is 0 Å². The molecule has 0 fully saturated rings. The van der Waals surface area contributed by atoms with Crippen LogP contribution in [0, 0.1) is 20.8 Å². The van der Waals surface area contributed by atoms with Gasteiger partial charge in [0.25, 0.3) is 0 Å². The van der Waals surface area contributed by atoms with E-state index in [1.165, 1.54) is 55.2 Å². The number of aryl methyl sites for hydroxylation is 3. The normalized spacial score (nSPS) is 11.3. The van der Waals surface area contributed by atoms with Crippen molar-refractivity contribution in [3.8, 4) is 61.8 Å². The van der Waals surface area contributed by atoms with Gasteiger partial charge in [-0.2, -0.15) is 0 Å². The Bertz CT molecular complexity index is 3390. The third kappa shape index (κ3) is 7.66. The first kappa shape index (κ1) is 39.5. The van der Waals surface area contributed by atoms with Crippen molar-refractivity contribution in [1.82, 2.24) is 14.5 Å². The zero-order valence-electron chi connectivity index (χ0n) is 36.7. The largest absolute Gasteiger partial charge is 0.310 e. The minimum absolute atomic E-state index is 0.730. The Kier molecular flexibility index (Phi) is 10.2. The molecule has 2 heterocycles. The smallest absolute Gasteiger partial charge is 0.160 e. The Morgan fingerprint density at radius 3 is 1.57 bits per heavy atom. The number of nitrogens with zero attached hydrogens (tertiary/aromatic N) is 4. The summed E-state index contributed by atoms with van der Waals surface area (Å²) in [6.07, 6.45) is 0. The quantitative estimate of drug-likeness (QED) is 0.145. The van der Waals surface area contributed by atoms with Crippen LogP contribution in [0.2, 0.25) is 0 Å². The van der Waals surface area contributed by atoms with Crippen molar-refractivity contribution >= 4 is 38.9 Å². The molecule has 0 spiro atoms. The van der Waals surface area contributed by atoms with E-state index in [0.717, 1.165) is 62.2 Å². The van der Waals surface area contributed by atoms with Crippen molar-refractivity contribution in [2.75, 3.05) is 4.90 Å². The Hall–Kier alpha value is -8.34. The molecule has 65 heavy (non-hydrogen) atoms. The average Bonchev–Trinajstić information content (AvgIpc) is 3.68. The first-order valence-corrected chi connectivity index (χ1v) is 22.2. The van der Waals surface area contributed by atoms with Gasteiger partial charge >= 0.3 is 0 Å². The average molecular weight is 835 g/mol. The highest BCUT2D eigenvalue weighted by Gasteiger charge is 2.18. The van der Waals surface area contributed by atoms with Crippen LogP contribution < -0.4 is 4.90 Å². The van der Waals surface area contributed by atoms with Gasteiger partial charge in [-0.3, -0.25) is 0 Å². The Labute approximate surface area is 380 Å². The fourth-order valence-electron chi connectivity index (χ4n) is 9.22. The molecule has 11 aromatic rings. The Balaban J connectivity index is 0.885. The molecule has 0 N–H and O–H groups in total. The van der Waals surface area contributed by atoms with E-state index in [0.29, 0.717) is 0 Å². The van der Waals surface area contributed by atoms with E-state index in [4.69, 9.17) is 9.97 Å². The first-order chi connectivity index (χ1) is 31.9. The molecule has 0 atom stereocenters. The van der Waals surface area contributed by atoms with Crippen LogP contribution in [0.1, 0.15) is 16.7 Å². The molecule has 310 valence electrons. The topological polar surface area (TPSA) is 34.0 Å². The molecular formula is C61H46N4. The lowest BCUT2D eigenvalue weighted by molar-refractivity contribution is 1.17. The van der Waals surface area contributed by atoms with Gasteiger partial charge in [-0.15, -0.1) is 0 Å². The summed E-state index contributed by atoms with van der Waals surface area (Å²) in [5, 5.41) is 2.44. The third-order valence-corrected chi connectivity index (χ3v) is 12.4. The number of anilines is 3. The zero-order valence-corrected chi connectivity index (χ0v) is 36.7. The van der Waals surface area contributed by atoms with Gasteiger partial charge in [-0.05, 0) is 127 Å². The fraction of sp³-hybridized carbons (Fsp3) is 0.0492. The van der Waals surface area contributed by atoms with Gasteiger partial charge < -0.3 is 9.47 Å². The van der Waals surface area contributed by atoms with Crippen LogP contribution in [0.4, 0.5) is 17.1 Å². The van der Waals surface area contributed by atoms with Crippen molar-refractivity contribution in [2.45, 2.75) is 20.8 Å². The lowest BCUT2D eigenvalue weighted by Gasteiger charge is -2.25. The number of hydrogen-bond donors (Lipinski definition) is 0. The predicted molar refractivity (Wildman–Crippen MR) is 272 cm³/mol. The zero-order chi connectivity index (χ0) is 43.9. The minimum Gasteiger partial charge on any atom is -0.310 e. The Morgan fingerprint density at radius 2 is 0.908 bits per heavy atom. The van der Waals surface area contributed by atoms with E-state index in [1.54, 1.807) is 0 Å². The number of fused-ring (bicyclic) bond motifs is 3. The molecule has 0 saturated heterocycles. The maximum absolute atomic E-state index is 5.14. The van der Waals surface area contributed by atoms with Gasteiger partial charge in [0.05, 0.1) is 22.4 Å². The molecule has 0 aliphatic rings. The SMILES string of the molecule is Cc1cccc(-c2cc(-c3ccc(-c4ccc(-c5ccc(-n6c7ccccc7c7cc(N(c8ccccc8)c8ccccc8)ccc76)cc5)cc4)cc3C)nc(-c3cccc(C)c3)n2)c1. The van der Waals surface area contributed by atoms with E-state index >= 15 is 0 Å². The molecular weight excluding hydrogens is 789 g/mol. The molecule has 0 aliphatic carbocycles. The highest BCUT2D eigenvalue weighted by Crippen LogP contribution is 2.40. The molecule has 0 radical (unpaired) electrons. The Morgan fingerprint density at radius 1 is 0.354 bits per heavy atom. The highest BCUT2D eigenvalue weighted by molar-refractivity contribution is 6.10.